The number of carbonyl (C=O) groups excluding carboxylic acids is 1. The maximum atomic E-state index is 13.4. The molecule has 1 amide bonds. The van der Waals surface area contributed by atoms with Crippen molar-refractivity contribution in [3.63, 3.8) is 0 Å². The van der Waals surface area contributed by atoms with E-state index in [4.69, 9.17) is 26.8 Å². The van der Waals surface area contributed by atoms with Crippen LogP contribution in [0.25, 0.3) is 0 Å². The molecule has 0 saturated carbocycles. The molecule has 16 heteroatoms. The van der Waals surface area contributed by atoms with Crippen molar-refractivity contribution in [2.45, 2.75) is 25.4 Å². The van der Waals surface area contributed by atoms with E-state index in [2.05, 4.69) is 10.3 Å². The lowest BCUT2D eigenvalue weighted by Crippen LogP contribution is -2.39. The first kappa shape index (κ1) is 30.4. The fourth-order valence-electron chi connectivity index (χ4n) is 4.19. The molecule has 1 aliphatic heterocycles. The lowest BCUT2D eigenvalue weighted by Gasteiger charge is -2.29. The number of morpholine rings is 1. The van der Waals surface area contributed by atoms with Crippen LogP contribution in [-0.4, -0.2) is 65.4 Å². The molecule has 0 atom stereocenters. The smallest absolute Gasteiger partial charge is 0.385 e. The van der Waals surface area contributed by atoms with Crippen LogP contribution < -0.4 is 15.4 Å². The molecular weight excluding hydrogens is 582 g/mol. The molecule has 1 aromatic heterocycles. The number of ether oxygens (including phenoxy) is 2. The SMILES string of the molecule is NCCN(Cc1ccccc1Cl)C(=O)Oc1nnn(Cc2cc(C(F)(F)F)cc(C(F)(F)F)c2)c1N1CCOCC1. The molecule has 222 valence electrons. The van der Waals surface area contributed by atoms with Crippen molar-refractivity contribution >= 4 is 23.5 Å². The molecule has 0 radical (unpaired) electrons. The number of carbonyl (C=O) groups is 1. The Kier molecular flexibility index (Phi) is 9.29. The van der Waals surface area contributed by atoms with E-state index in [1.807, 2.05) is 0 Å². The zero-order chi connectivity index (χ0) is 29.8. The monoisotopic (exact) mass is 606 g/mol. The minimum absolute atomic E-state index is 0.0476. The molecule has 9 nitrogen and oxygen atoms in total. The molecule has 0 unspecified atom stereocenters. The number of alkyl halides is 6. The van der Waals surface area contributed by atoms with Crippen molar-refractivity contribution in [3.05, 3.63) is 69.7 Å². The standard InChI is InChI=1S/C25H25ClF6N6O3/c26-20-4-2-1-3-17(20)15-37(6-5-33)23(39)41-21-22(36-7-9-40-10-8-36)38(35-34-21)14-16-11-18(24(27,28)29)13-19(12-16)25(30,31)32/h1-4,11-13H,5-10,14-15,33H2. The maximum absolute atomic E-state index is 13.4. The van der Waals surface area contributed by atoms with E-state index in [-0.39, 0.29) is 69.3 Å². The summed E-state index contributed by atoms with van der Waals surface area (Å²) in [6.45, 7) is 0.825. The van der Waals surface area contributed by atoms with Gasteiger partial charge in [0.05, 0.1) is 37.4 Å². The molecule has 2 heterocycles. The van der Waals surface area contributed by atoms with Gasteiger partial charge in [-0.1, -0.05) is 40.1 Å². The zero-order valence-corrected chi connectivity index (χ0v) is 22.1. The van der Waals surface area contributed by atoms with Gasteiger partial charge >= 0.3 is 18.4 Å². The van der Waals surface area contributed by atoms with Gasteiger partial charge in [0.25, 0.3) is 5.88 Å². The van der Waals surface area contributed by atoms with Gasteiger partial charge in [-0.3, -0.25) is 0 Å². The van der Waals surface area contributed by atoms with Crippen LogP contribution in [0.4, 0.5) is 37.0 Å². The third kappa shape index (κ3) is 7.59. The Morgan fingerprint density at radius 3 is 2.27 bits per heavy atom. The lowest BCUT2D eigenvalue weighted by atomic mass is 10.0. The predicted octanol–water partition coefficient (Wildman–Crippen LogP) is 4.81. The first-order valence-electron chi connectivity index (χ1n) is 12.3. The van der Waals surface area contributed by atoms with Crippen LogP contribution in [0.2, 0.25) is 5.02 Å². The van der Waals surface area contributed by atoms with Crippen molar-refractivity contribution in [1.82, 2.24) is 19.9 Å². The number of rotatable bonds is 8. The third-order valence-corrected chi connectivity index (χ3v) is 6.50. The fourth-order valence-corrected chi connectivity index (χ4v) is 4.39. The molecule has 0 bridgehead atoms. The average molecular weight is 607 g/mol. The first-order valence-corrected chi connectivity index (χ1v) is 12.7. The number of aromatic nitrogens is 3. The molecule has 1 saturated heterocycles. The van der Waals surface area contributed by atoms with Gasteiger partial charge in [0.15, 0.2) is 5.82 Å². The lowest BCUT2D eigenvalue weighted by molar-refractivity contribution is -0.143. The molecule has 1 aliphatic rings. The second-order valence-corrected chi connectivity index (χ2v) is 9.47. The van der Waals surface area contributed by atoms with Crippen LogP contribution >= 0.6 is 11.6 Å². The summed E-state index contributed by atoms with van der Waals surface area (Å²) in [5, 5.41) is 8.22. The molecule has 0 aliphatic carbocycles. The van der Waals surface area contributed by atoms with Crippen LogP contribution in [0, 0.1) is 0 Å². The number of nitrogens with zero attached hydrogens (tertiary/aromatic N) is 5. The second-order valence-electron chi connectivity index (χ2n) is 9.06. The molecule has 1 fully saturated rings. The van der Waals surface area contributed by atoms with Gasteiger partial charge in [-0.15, -0.1) is 0 Å². The van der Waals surface area contributed by atoms with Crippen molar-refractivity contribution in [3.8, 4) is 5.88 Å². The van der Waals surface area contributed by atoms with Gasteiger partial charge in [0, 0.05) is 31.2 Å². The van der Waals surface area contributed by atoms with Gasteiger partial charge in [-0.2, -0.15) is 26.3 Å². The highest BCUT2D eigenvalue weighted by atomic mass is 35.5. The second kappa shape index (κ2) is 12.5. The van der Waals surface area contributed by atoms with E-state index in [1.165, 1.54) is 4.90 Å². The molecule has 41 heavy (non-hydrogen) atoms. The Bertz CT molecular complexity index is 1330. The number of halogens is 7. The van der Waals surface area contributed by atoms with Gasteiger partial charge in [-0.05, 0) is 35.4 Å². The Labute approximate surface area is 235 Å². The zero-order valence-electron chi connectivity index (χ0n) is 21.4. The van der Waals surface area contributed by atoms with Crippen LogP contribution in [-0.2, 0) is 30.2 Å². The molecular formula is C25H25ClF6N6O3. The number of hydrogen-bond acceptors (Lipinski definition) is 7. The van der Waals surface area contributed by atoms with E-state index in [1.54, 1.807) is 29.2 Å². The van der Waals surface area contributed by atoms with Crippen molar-refractivity contribution < 1.29 is 40.6 Å². The minimum Gasteiger partial charge on any atom is -0.385 e. The fraction of sp³-hybridized carbons (Fsp3) is 0.400. The van der Waals surface area contributed by atoms with Crippen LogP contribution in [0.1, 0.15) is 22.3 Å². The summed E-state index contributed by atoms with van der Waals surface area (Å²) in [6, 6.07) is 8.12. The first-order chi connectivity index (χ1) is 19.4. The number of hydrogen-bond donors (Lipinski definition) is 1. The highest BCUT2D eigenvalue weighted by molar-refractivity contribution is 6.31. The average Bonchev–Trinajstić information content (AvgIpc) is 3.30. The minimum atomic E-state index is -5.01. The Morgan fingerprint density at radius 2 is 1.68 bits per heavy atom. The molecule has 2 N–H and O–H groups in total. The van der Waals surface area contributed by atoms with Gasteiger partial charge in [-0.25, -0.2) is 9.48 Å². The summed E-state index contributed by atoms with van der Waals surface area (Å²) < 4.78 is 92.4. The summed E-state index contributed by atoms with van der Waals surface area (Å²) in [4.78, 5) is 16.1. The molecule has 2 aromatic carbocycles. The van der Waals surface area contributed by atoms with E-state index < -0.39 is 36.1 Å². The summed E-state index contributed by atoms with van der Waals surface area (Å²) in [5.74, 6) is -0.181. The normalized spacial score (nSPS) is 14.3. The number of anilines is 1. The molecule has 0 spiro atoms. The largest absolute Gasteiger partial charge is 0.417 e. The number of nitrogens with two attached hydrogens (primary N) is 1. The maximum Gasteiger partial charge on any atom is 0.417 e. The third-order valence-electron chi connectivity index (χ3n) is 6.13. The Morgan fingerprint density at radius 1 is 1.05 bits per heavy atom. The number of amides is 1. The van der Waals surface area contributed by atoms with E-state index in [0.717, 1.165) is 4.68 Å². The quantitative estimate of drug-likeness (QED) is 0.367. The van der Waals surface area contributed by atoms with Gasteiger partial charge in [0.2, 0.25) is 0 Å². The summed E-state index contributed by atoms with van der Waals surface area (Å²) in [5.41, 5.74) is 3.06. The summed E-state index contributed by atoms with van der Waals surface area (Å²) in [7, 11) is 0. The topological polar surface area (TPSA) is 98.7 Å². The van der Waals surface area contributed by atoms with Crippen LogP contribution in [0.3, 0.4) is 0 Å². The van der Waals surface area contributed by atoms with Crippen molar-refractivity contribution in [1.29, 1.82) is 0 Å². The van der Waals surface area contributed by atoms with Crippen molar-refractivity contribution in [2.75, 3.05) is 44.3 Å². The van der Waals surface area contributed by atoms with E-state index in [9.17, 15) is 31.1 Å². The van der Waals surface area contributed by atoms with Gasteiger partial charge < -0.3 is 25.0 Å². The van der Waals surface area contributed by atoms with Gasteiger partial charge in [0.1, 0.15) is 0 Å². The van der Waals surface area contributed by atoms with Crippen LogP contribution in [0.5, 0.6) is 5.88 Å². The summed E-state index contributed by atoms with van der Waals surface area (Å²) in [6.07, 6.45) is -10.9. The molecule has 4 rings (SSSR count). The van der Waals surface area contributed by atoms with E-state index >= 15 is 0 Å². The summed E-state index contributed by atoms with van der Waals surface area (Å²) >= 11 is 6.22. The predicted molar refractivity (Wildman–Crippen MR) is 136 cm³/mol. The Balaban J connectivity index is 1.67. The number of benzene rings is 2. The Hall–Kier alpha value is -3.56. The highest BCUT2D eigenvalue weighted by Gasteiger charge is 2.37. The van der Waals surface area contributed by atoms with Crippen LogP contribution in [0.15, 0.2) is 42.5 Å². The van der Waals surface area contributed by atoms with E-state index in [0.29, 0.717) is 22.7 Å². The molecule has 3 aromatic rings. The highest BCUT2D eigenvalue weighted by Crippen LogP contribution is 2.37. The van der Waals surface area contributed by atoms with Crippen molar-refractivity contribution in [2.24, 2.45) is 5.73 Å².